The fraction of sp³-hybridized carbons (Fsp3) is 0.308. The van der Waals surface area contributed by atoms with Gasteiger partial charge in [-0.05, 0) is 53.6 Å². The van der Waals surface area contributed by atoms with Gasteiger partial charge in [0.25, 0.3) is 0 Å². The molecule has 0 bridgehead atoms. The van der Waals surface area contributed by atoms with Crippen LogP contribution in [0.2, 0.25) is 5.02 Å². The predicted molar refractivity (Wildman–Crippen MR) is 83.1 cm³/mol. The molecule has 2 rings (SSSR count). The van der Waals surface area contributed by atoms with Crippen molar-refractivity contribution in [2.24, 2.45) is 0 Å². The molecule has 4 heteroatoms. The predicted octanol–water partition coefficient (Wildman–Crippen LogP) is 4.41. The summed E-state index contributed by atoms with van der Waals surface area (Å²) >= 11 is 8.55. The quantitative estimate of drug-likeness (QED) is 0.803. The van der Waals surface area contributed by atoms with E-state index in [9.17, 15) is 0 Å². The summed E-state index contributed by atoms with van der Waals surface area (Å²) in [6.07, 6.45) is 0.915. The summed E-state index contributed by atoms with van der Waals surface area (Å²) in [5.74, 6) is 0. The molecule has 0 unspecified atom stereocenters. The number of rotatable bonds is 2. The molecule has 0 saturated heterocycles. The van der Waals surface area contributed by atoms with E-state index in [1.807, 2.05) is 13.1 Å². The maximum Gasteiger partial charge on any atom is 0.0913 e. The highest BCUT2D eigenvalue weighted by Crippen LogP contribution is 2.33. The molecule has 17 heavy (non-hydrogen) atoms. The van der Waals surface area contributed by atoms with Crippen LogP contribution in [0.25, 0.3) is 10.9 Å². The molecule has 0 aliphatic rings. The number of anilines is 1. The first-order chi connectivity index (χ1) is 8.08. The Morgan fingerprint density at radius 2 is 2.12 bits per heavy atom. The van der Waals surface area contributed by atoms with Crippen molar-refractivity contribution in [2.75, 3.05) is 12.4 Å². The van der Waals surface area contributed by atoms with Crippen molar-refractivity contribution < 1.29 is 0 Å². The number of nitrogens with one attached hydrogen (secondary N) is 1. The minimum atomic E-state index is 0.720. The highest BCUT2D eigenvalue weighted by atomic mass is 127. The summed E-state index contributed by atoms with van der Waals surface area (Å²) in [6.45, 7) is 4.21. The third-order valence-electron chi connectivity index (χ3n) is 2.94. The number of hydrogen-bond acceptors (Lipinski definition) is 2. The number of pyridine rings is 1. The third-order valence-corrected chi connectivity index (χ3v) is 3.85. The zero-order valence-electron chi connectivity index (χ0n) is 10.1. The van der Waals surface area contributed by atoms with E-state index in [0.29, 0.717) is 0 Å². The minimum Gasteiger partial charge on any atom is -0.387 e. The molecule has 0 aliphatic carbocycles. The van der Waals surface area contributed by atoms with Crippen molar-refractivity contribution in [2.45, 2.75) is 20.3 Å². The lowest BCUT2D eigenvalue weighted by Crippen LogP contribution is -2.01. The topological polar surface area (TPSA) is 24.9 Å². The largest absolute Gasteiger partial charge is 0.387 e. The second-order valence-electron chi connectivity index (χ2n) is 3.95. The van der Waals surface area contributed by atoms with Crippen molar-refractivity contribution >= 4 is 50.8 Å². The average Bonchev–Trinajstić information content (AvgIpc) is 2.28. The normalized spacial score (nSPS) is 10.9. The van der Waals surface area contributed by atoms with E-state index in [4.69, 9.17) is 11.6 Å². The van der Waals surface area contributed by atoms with Crippen LogP contribution in [-0.4, -0.2) is 12.0 Å². The summed E-state index contributed by atoms with van der Waals surface area (Å²) in [5.41, 5.74) is 4.33. The first-order valence-corrected chi connectivity index (χ1v) is 7.00. The number of halogens is 2. The van der Waals surface area contributed by atoms with Crippen molar-refractivity contribution in [1.29, 1.82) is 0 Å². The number of fused-ring (bicyclic) bond motifs is 1. The lowest BCUT2D eigenvalue weighted by Gasteiger charge is -2.14. The van der Waals surface area contributed by atoms with Crippen LogP contribution < -0.4 is 5.32 Å². The Hall–Kier alpha value is -0.550. The number of aromatic nitrogens is 1. The van der Waals surface area contributed by atoms with Crippen molar-refractivity contribution in [3.8, 4) is 0 Å². The minimum absolute atomic E-state index is 0.720. The van der Waals surface area contributed by atoms with Gasteiger partial charge >= 0.3 is 0 Å². The smallest absolute Gasteiger partial charge is 0.0913 e. The first-order valence-electron chi connectivity index (χ1n) is 5.54. The van der Waals surface area contributed by atoms with Gasteiger partial charge in [0.1, 0.15) is 0 Å². The second-order valence-corrected chi connectivity index (χ2v) is 5.60. The van der Waals surface area contributed by atoms with Gasteiger partial charge in [0.05, 0.1) is 10.5 Å². The van der Waals surface area contributed by atoms with Crippen LogP contribution in [0.4, 0.5) is 5.69 Å². The van der Waals surface area contributed by atoms with E-state index in [1.54, 1.807) is 0 Å². The summed E-state index contributed by atoms with van der Waals surface area (Å²) in [5, 5.41) is 5.08. The molecule has 2 nitrogen and oxygen atoms in total. The first kappa shape index (κ1) is 12.9. The standard InChI is InChI=1S/C13H14ClIN2/c1-4-11-7(2)12(16-3)9-5-8(15)6-10(14)13(9)17-11/h5-6H,4H2,1-3H3,(H,16,17). The molecule has 1 N–H and O–H groups in total. The Labute approximate surface area is 120 Å². The van der Waals surface area contributed by atoms with Crippen LogP contribution in [0, 0.1) is 10.5 Å². The fourth-order valence-corrected chi connectivity index (χ4v) is 3.17. The number of aryl methyl sites for hydroxylation is 1. The van der Waals surface area contributed by atoms with Gasteiger partial charge in [0.15, 0.2) is 0 Å². The van der Waals surface area contributed by atoms with Crippen LogP contribution in [0.5, 0.6) is 0 Å². The van der Waals surface area contributed by atoms with Gasteiger partial charge in [0, 0.05) is 27.4 Å². The van der Waals surface area contributed by atoms with Crippen LogP contribution in [0.3, 0.4) is 0 Å². The molecule has 1 aromatic heterocycles. The zero-order chi connectivity index (χ0) is 12.6. The Kier molecular flexibility index (Phi) is 3.78. The molecular weight excluding hydrogens is 347 g/mol. The van der Waals surface area contributed by atoms with E-state index in [0.717, 1.165) is 37.3 Å². The molecule has 2 aromatic rings. The number of benzene rings is 1. The molecule has 90 valence electrons. The molecule has 0 fully saturated rings. The van der Waals surface area contributed by atoms with E-state index in [1.165, 1.54) is 5.56 Å². The molecule has 0 spiro atoms. The van der Waals surface area contributed by atoms with Gasteiger partial charge in [0.2, 0.25) is 0 Å². The molecule has 0 saturated carbocycles. The van der Waals surface area contributed by atoms with Crippen LogP contribution >= 0.6 is 34.2 Å². The van der Waals surface area contributed by atoms with E-state index in [-0.39, 0.29) is 0 Å². The van der Waals surface area contributed by atoms with Gasteiger partial charge in [-0.1, -0.05) is 18.5 Å². The molecule has 0 amide bonds. The van der Waals surface area contributed by atoms with Crippen LogP contribution in [0.1, 0.15) is 18.2 Å². The fourth-order valence-electron chi connectivity index (χ4n) is 2.10. The average molecular weight is 361 g/mol. The zero-order valence-corrected chi connectivity index (χ0v) is 13.0. The van der Waals surface area contributed by atoms with Crippen LogP contribution in [-0.2, 0) is 6.42 Å². The summed E-state index contributed by atoms with van der Waals surface area (Å²) in [4.78, 5) is 4.67. The van der Waals surface area contributed by atoms with Crippen molar-refractivity contribution in [3.63, 3.8) is 0 Å². The number of nitrogens with zero attached hydrogens (tertiary/aromatic N) is 1. The number of hydrogen-bond donors (Lipinski definition) is 1. The Balaban J connectivity index is 2.92. The Morgan fingerprint density at radius 1 is 1.41 bits per heavy atom. The molecule has 0 aliphatic heterocycles. The SMILES string of the molecule is CCc1nc2c(Cl)cc(I)cc2c(NC)c1C. The molecule has 1 aromatic carbocycles. The van der Waals surface area contributed by atoms with Crippen LogP contribution in [0.15, 0.2) is 12.1 Å². The lowest BCUT2D eigenvalue weighted by atomic mass is 10.1. The summed E-state index contributed by atoms with van der Waals surface area (Å²) < 4.78 is 1.13. The van der Waals surface area contributed by atoms with Gasteiger partial charge in [-0.3, -0.25) is 4.98 Å². The molecule has 0 atom stereocenters. The lowest BCUT2D eigenvalue weighted by molar-refractivity contribution is 1.03. The molecule has 0 radical (unpaired) electrons. The van der Waals surface area contributed by atoms with E-state index in [2.05, 4.69) is 52.8 Å². The maximum absolute atomic E-state index is 6.28. The summed E-state index contributed by atoms with van der Waals surface area (Å²) in [7, 11) is 1.94. The van der Waals surface area contributed by atoms with Crippen molar-refractivity contribution in [3.05, 3.63) is 32.0 Å². The van der Waals surface area contributed by atoms with Gasteiger partial charge in [-0.15, -0.1) is 0 Å². The highest BCUT2D eigenvalue weighted by Gasteiger charge is 2.12. The molecule has 1 heterocycles. The van der Waals surface area contributed by atoms with Gasteiger partial charge < -0.3 is 5.32 Å². The highest BCUT2D eigenvalue weighted by molar-refractivity contribution is 14.1. The van der Waals surface area contributed by atoms with Crippen molar-refractivity contribution in [1.82, 2.24) is 4.98 Å². The monoisotopic (exact) mass is 360 g/mol. The Bertz CT molecular complexity index is 581. The van der Waals surface area contributed by atoms with Gasteiger partial charge in [-0.25, -0.2) is 0 Å². The third kappa shape index (κ3) is 2.22. The molecular formula is C13H14ClIN2. The second kappa shape index (κ2) is 4.98. The van der Waals surface area contributed by atoms with Gasteiger partial charge in [-0.2, -0.15) is 0 Å². The summed E-state index contributed by atoms with van der Waals surface area (Å²) in [6, 6.07) is 4.07. The van der Waals surface area contributed by atoms with E-state index >= 15 is 0 Å². The van der Waals surface area contributed by atoms with E-state index < -0.39 is 0 Å². The Morgan fingerprint density at radius 3 is 2.71 bits per heavy atom. The maximum atomic E-state index is 6.28.